The molecule has 0 unspecified atom stereocenters. The fraction of sp³-hybridized carbons (Fsp3) is 0.250. The van der Waals surface area contributed by atoms with Crippen molar-refractivity contribution in [3.8, 4) is 5.75 Å². The van der Waals surface area contributed by atoms with Gasteiger partial charge >= 0.3 is 0 Å². The molecule has 0 spiro atoms. The first-order valence-electron chi connectivity index (χ1n) is 7.22. The molecule has 0 bridgehead atoms. The predicted molar refractivity (Wildman–Crippen MR) is 90.6 cm³/mol. The fourth-order valence-electron chi connectivity index (χ4n) is 2.75. The largest absolute Gasteiger partial charge is 0.505 e. The van der Waals surface area contributed by atoms with Crippen LogP contribution in [0, 0.1) is 5.82 Å². The maximum absolute atomic E-state index is 12.9. The molecule has 0 amide bonds. The molecule has 0 saturated heterocycles. The summed E-state index contributed by atoms with van der Waals surface area (Å²) in [5.74, 6) is -0.651. The minimum Gasteiger partial charge on any atom is -0.505 e. The molecule has 3 rings (SSSR count). The van der Waals surface area contributed by atoms with Gasteiger partial charge in [0.1, 0.15) is 10.7 Å². The SMILES string of the molecule is O=S(=O)(NC1CC(c2ccc(F)cc2)C1)c1cc(Cl)cc(Cl)c1O. The number of nitrogens with one attached hydrogen (secondary N) is 1. The van der Waals surface area contributed by atoms with Crippen molar-refractivity contribution in [2.24, 2.45) is 0 Å². The standard InChI is InChI=1S/C16H14Cl2FNO3S/c17-11-7-14(18)16(21)15(8-11)24(22,23)20-13-5-10(6-13)9-1-3-12(19)4-2-9/h1-4,7-8,10,13,20-21H,5-6H2. The molecule has 128 valence electrons. The Kier molecular flexibility index (Phi) is 4.75. The molecule has 0 radical (unpaired) electrons. The van der Waals surface area contributed by atoms with Crippen LogP contribution in [-0.4, -0.2) is 19.6 Å². The Morgan fingerprint density at radius 3 is 2.38 bits per heavy atom. The average Bonchev–Trinajstić information content (AvgIpc) is 2.47. The zero-order valence-electron chi connectivity index (χ0n) is 12.3. The summed E-state index contributed by atoms with van der Waals surface area (Å²) in [5.41, 5.74) is 0.973. The van der Waals surface area contributed by atoms with Gasteiger partial charge < -0.3 is 5.11 Å². The number of halogens is 3. The third-order valence-electron chi connectivity index (χ3n) is 4.08. The molecule has 24 heavy (non-hydrogen) atoms. The van der Waals surface area contributed by atoms with Crippen LogP contribution in [0.1, 0.15) is 24.3 Å². The average molecular weight is 390 g/mol. The molecule has 0 atom stereocenters. The maximum Gasteiger partial charge on any atom is 0.244 e. The predicted octanol–water partition coefficient (Wildman–Crippen LogP) is 4.06. The van der Waals surface area contributed by atoms with Gasteiger partial charge in [-0.25, -0.2) is 17.5 Å². The second-order valence-corrected chi connectivity index (χ2v) is 8.30. The highest BCUT2D eigenvalue weighted by Crippen LogP contribution is 2.39. The van der Waals surface area contributed by atoms with Gasteiger partial charge in [-0.2, -0.15) is 0 Å². The summed E-state index contributed by atoms with van der Waals surface area (Å²) in [6, 6.07) is 8.34. The smallest absolute Gasteiger partial charge is 0.244 e. The summed E-state index contributed by atoms with van der Waals surface area (Å²) < 4.78 is 40.3. The number of rotatable bonds is 4. The molecular weight excluding hydrogens is 376 g/mol. The quantitative estimate of drug-likeness (QED) is 0.828. The van der Waals surface area contributed by atoms with E-state index in [9.17, 15) is 17.9 Å². The lowest BCUT2D eigenvalue weighted by molar-refractivity contribution is 0.325. The first-order valence-corrected chi connectivity index (χ1v) is 9.46. The van der Waals surface area contributed by atoms with Gasteiger partial charge in [-0.3, -0.25) is 0 Å². The first kappa shape index (κ1) is 17.5. The topological polar surface area (TPSA) is 66.4 Å². The molecule has 1 saturated carbocycles. The summed E-state index contributed by atoms with van der Waals surface area (Å²) in [4.78, 5) is -0.342. The normalized spacial score (nSPS) is 20.6. The van der Waals surface area contributed by atoms with E-state index in [1.807, 2.05) is 0 Å². The molecule has 1 fully saturated rings. The van der Waals surface area contributed by atoms with Crippen LogP contribution in [0.4, 0.5) is 4.39 Å². The molecular formula is C16H14Cl2FNO3S. The molecule has 8 heteroatoms. The van der Waals surface area contributed by atoms with Gasteiger partial charge in [-0.1, -0.05) is 35.3 Å². The van der Waals surface area contributed by atoms with Gasteiger partial charge in [0.25, 0.3) is 0 Å². The van der Waals surface area contributed by atoms with Crippen LogP contribution >= 0.6 is 23.2 Å². The minimum atomic E-state index is -3.94. The molecule has 0 aliphatic heterocycles. The molecule has 4 nitrogen and oxygen atoms in total. The third-order valence-corrected chi connectivity index (χ3v) is 6.12. The number of benzene rings is 2. The molecule has 1 aliphatic rings. The second kappa shape index (κ2) is 6.52. The van der Waals surface area contributed by atoms with Gasteiger partial charge in [0.2, 0.25) is 10.0 Å². The van der Waals surface area contributed by atoms with Crippen LogP contribution in [0.2, 0.25) is 10.0 Å². The van der Waals surface area contributed by atoms with Crippen molar-refractivity contribution >= 4 is 33.2 Å². The monoisotopic (exact) mass is 389 g/mol. The molecule has 1 aliphatic carbocycles. The van der Waals surface area contributed by atoms with E-state index in [0.717, 1.165) is 11.6 Å². The molecule has 0 heterocycles. The maximum atomic E-state index is 12.9. The van der Waals surface area contributed by atoms with E-state index in [-0.39, 0.29) is 32.7 Å². The van der Waals surface area contributed by atoms with E-state index in [2.05, 4.69) is 4.72 Å². The van der Waals surface area contributed by atoms with Crippen molar-refractivity contribution in [3.05, 3.63) is 57.8 Å². The molecule has 0 aromatic heterocycles. The lowest BCUT2D eigenvalue weighted by Crippen LogP contribution is -2.43. The molecule has 2 N–H and O–H groups in total. The van der Waals surface area contributed by atoms with Crippen molar-refractivity contribution in [2.75, 3.05) is 0 Å². The van der Waals surface area contributed by atoms with Crippen LogP contribution < -0.4 is 4.72 Å². The van der Waals surface area contributed by atoms with Crippen molar-refractivity contribution in [1.82, 2.24) is 4.72 Å². The highest BCUT2D eigenvalue weighted by molar-refractivity contribution is 7.89. The van der Waals surface area contributed by atoms with Gasteiger partial charge in [-0.15, -0.1) is 0 Å². The van der Waals surface area contributed by atoms with Crippen molar-refractivity contribution in [2.45, 2.75) is 29.7 Å². The van der Waals surface area contributed by atoms with Gasteiger partial charge in [-0.05, 0) is 48.6 Å². The van der Waals surface area contributed by atoms with Gasteiger partial charge in [0.05, 0.1) is 5.02 Å². The van der Waals surface area contributed by atoms with Crippen LogP contribution in [0.15, 0.2) is 41.3 Å². The summed E-state index contributed by atoms with van der Waals surface area (Å²) in [6.45, 7) is 0. The number of sulfonamides is 1. The van der Waals surface area contributed by atoms with Crippen LogP contribution in [0.5, 0.6) is 5.75 Å². The highest BCUT2D eigenvalue weighted by Gasteiger charge is 2.34. The molecule has 2 aromatic rings. The minimum absolute atomic E-state index is 0.121. The lowest BCUT2D eigenvalue weighted by atomic mass is 9.76. The van der Waals surface area contributed by atoms with Crippen molar-refractivity contribution in [3.63, 3.8) is 0 Å². The second-order valence-electron chi connectivity index (χ2n) is 5.77. The number of phenols is 1. The Balaban J connectivity index is 1.70. The molecule has 2 aromatic carbocycles. The summed E-state index contributed by atoms with van der Waals surface area (Å²) in [5, 5.41) is 9.87. The van der Waals surface area contributed by atoms with Crippen LogP contribution in [0.25, 0.3) is 0 Å². The van der Waals surface area contributed by atoms with E-state index in [1.165, 1.54) is 18.2 Å². The van der Waals surface area contributed by atoms with E-state index in [1.54, 1.807) is 12.1 Å². The van der Waals surface area contributed by atoms with E-state index >= 15 is 0 Å². The zero-order valence-corrected chi connectivity index (χ0v) is 14.7. The van der Waals surface area contributed by atoms with Crippen LogP contribution in [0.3, 0.4) is 0 Å². The Labute approximate surface area is 149 Å². The van der Waals surface area contributed by atoms with Gasteiger partial charge in [0, 0.05) is 11.1 Å². The lowest BCUT2D eigenvalue weighted by Gasteiger charge is -2.36. The van der Waals surface area contributed by atoms with Gasteiger partial charge in [0.15, 0.2) is 5.75 Å². The van der Waals surface area contributed by atoms with Crippen molar-refractivity contribution in [1.29, 1.82) is 0 Å². The van der Waals surface area contributed by atoms with Crippen LogP contribution in [-0.2, 0) is 10.0 Å². The number of aromatic hydroxyl groups is 1. The van der Waals surface area contributed by atoms with E-state index in [4.69, 9.17) is 23.2 Å². The Morgan fingerprint density at radius 2 is 1.75 bits per heavy atom. The fourth-order valence-corrected chi connectivity index (χ4v) is 4.77. The first-order chi connectivity index (χ1) is 11.3. The number of phenolic OH excluding ortho intramolecular Hbond substituents is 1. The Morgan fingerprint density at radius 1 is 1.12 bits per heavy atom. The third kappa shape index (κ3) is 3.52. The van der Waals surface area contributed by atoms with Crippen molar-refractivity contribution < 1.29 is 17.9 Å². The number of hydrogen-bond acceptors (Lipinski definition) is 3. The Bertz CT molecular complexity index is 866. The van der Waals surface area contributed by atoms with E-state index < -0.39 is 15.8 Å². The van der Waals surface area contributed by atoms with E-state index in [0.29, 0.717) is 12.8 Å². The summed E-state index contributed by atoms with van der Waals surface area (Å²) in [7, 11) is -3.94. The highest BCUT2D eigenvalue weighted by atomic mass is 35.5. The summed E-state index contributed by atoms with van der Waals surface area (Å²) >= 11 is 11.6. The Hall–Kier alpha value is -1.34. The number of hydrogen-bond donors (Lipinski definition) is 2. The summed E-state index contributed by atoms with van der Waals surface area (Å²) in [6.07, 6.45) is 1.19. The zero-order chi connectivity index (χ0) is 17.5.